The number of fused-ring (bicyclic) bond motifs is 3. The Morgan fingerprint density at radius 3 is 2.58 bits per heavy atom. The van der Waals surface area contributed by atoms with Gasteiger partial charge in [0.25, 0.3) is 0 Å². The Morgan fingerprint density at radius 1 is 1.16 bits per heavy atom. The number of hydrogen-bond donors (Lipinski definition) is 3. The highest BCUT2D eigenvalue weighted by Crippen LogP contribution is 2.33. The lowest BCUT2D eigenvalue weighted by Gasteiger charge is -2.15. The molecule has 2 aromatic heterocycles. The maximum atomic E-state index is 14.1. The standard InChI is InChI=1S/C21H18F2N6O2/c1-10(24)20(11(2)30)13-7-16-17(8-18(13)31-3)29-19(9-25-16)27-28-21(29)26-15-5-4-12(22)6-14(15)23/h4-9,24,30H,1-3H3,(H,26,28)/b20-11+,24-10?. The van der Waals surface area contributed by atoms with Gasteiger partial charge in [0.05, 0.1) is 35.8 Å². The van der Waals surface area contributed by atoms with Crippen molar-refractivity contribution >= 4 is 39.6 Å². The van der Waals surface area contributed by atoms with Crippen LogP contribution in [0.1, 0.15) is 19.4 Å². The van der Waals surface area contributed by atoms with E-state index in [4.69, 9.17) is 10.1 Å². The Morgan fingerprint density at radius 2 is 1.94 bits per heavy atom. The smallest absolute Gasteiger partial charge is 0.234 e. The van der Waals surface area contributed by atoms with Gasteiger partial charge in [-0.05, 0) is 32.0 Å². The minimum atomic E-state index is -0.773. The largest absolute Gasteiger partial charge is 0.512 e. The number of aliphatic hydroxyl groups is 1. The molecule has 0 saturated carbocycles. The molecule has 0 unspecified atom stereocenters. The second-order valence-corrected chi connectivity index (χ2v) is 6.85. The Kier molecular flexibility index (Phi) is 4.97. The lowest BCUT2D eigenvalue weighted by Crippen LogP contribution is -2.04. The van der Waals surface area contributed by atoms with Gasteiger partial charge >= 0.3 is 0 Å². The summed E-state index contributed by atoms with van der Waals surface area (Å²) < 4.78 is 34.5. The van der Waals surface area contributed by atoms with E-state index in [-0.39, 0.29) is 23.1 Å². The molecule has 0 aliphatic heterocycles. The molecule has 4 aromatic rings. The number of nitrogens with zero attached hydrogens (tertiary/aromatic N) is 4. The van der Waals surface area contributed by atoms with Crippen molar-refractivity contribution in [3.05, 3.63) is 59.5 Å². The average molecular weight is 424 g/mol. The summed E-state index contributed by atoms with van der Waals surface area (Å²) in [6.07, 6.45) is 1.49. The fourth-order valence-electron chi connectivity index (χ4n) is 3.41. The number of nitrogens with one attached hydrogen (secondary N) is 2. The minimum absolute atomic E-state index is 0.0235. The predicted molar refractivity (Wildman–Crippen MR) is 113 cm³/mol. The van der Waals surface area contributed by atoms with E-state index < -0.39 is 11.6 Å². The number of benzene rings is 2. The van der Waals surface area contributed by atoms with Gasteiger partial charge in [-0.1, -0.05) is 0 Å². The molecule has 158 valence electrons. The van der Waals surface area contributed by atoms with Crippen molar-refractivity contribution in [2.24, 2.45) is 0 Å². The van der Waals surface area contributed by atoms with E-state index in [1.165, 1.54) is 26.3 Å². The Hall–Kier alpha value is -4.08. The van der Waals surface area contributed by atoms with Crippen molar-refractivity contribution in [1.29, 1.82) is 5.41 Å². The summed E-state index contributed by atoms with van der Waals surface area (Å²) in [5.41, 5.74) is 2.47. The van der Waals surface area contributed by atoms with Crippen LogP contribution in [-0.2, 0) is 0 Å². The number of allylic oxidation sites excluding steroid dienone is 2. The van der Waals surface area contributed by atoms with Crippen molar-refractivity contribution < 1.29 is 18.6 Å². The fourth-order valence-corrected chi connectivity index (χ4v) is 3.41. The number of rotatable bonds is 5. The van der Waals surface area contributed by atoms with Gasteiger partial charge in [0.2, 0.25) is 5.95 Å². The summed E-state index contributed by atoms with van der Waals surface area (Å²) in [5.74, 6) is -0.899. The summed E-state index contributed by atoms with van der Waals surface area (Å²) in [4.78, 5) is 4.39. The first kappa shape index (κ1) is 20.2. The molecular formula is C21H18F2N6O2. The quantitative estimate of drug-likeness (QED) is 0.318. The van der Waals surface area contributed by atoms with Crippen molar-refractivity contribution in [2.75, 3.05) is 12.4 Å². The molecule has 0 saturated heterocycles. The number of halogens is 2. The van der Waals surface area contributed by atoms with E-state index >= 15 is 0 Å². The van der Waals surface area contributed by atoms with Crippen molar-refractivity contribution in [2.45, 2.75) is 13.8 Å². The third kappa shape index (κ3) is 3.52. The summed E-state index contributed by atoms with van der Waals surface area (Å²) in [6, 6.07) is 6.52. The van der Waals surface area contributed by atoms with E-state index in [2.05, 4.69) is 20.5 Å². The first-order valence-corrected chi connectivity index (χ1v) is 9.20. The van der Waals surface area contributed by atoms with E-state index in [1.807, 2.05) is 0 Å². The molecule has 3 N–H and O–H groups in total. The third-order valence-corrected chi connectivity index (χ3v) is 4.73. The van der Waals surface area contributed by atoms with Gasteiger partial charge in [-0.2, -0.15) is 0 Å². The number of anilines is 2. The second-order valence-electron chi connectivity index (χ2n) is 6.85. The van der Waals surface area contributed by atoms with Crippen LogP contribution in [0.3, 0.4) is 0 Å². The lowest BCUT2D eigenvalue weighted by atomic mass is 9.99. The lowest BCUT2D eigenvalue weighted by molar-refractivity contribution is 0.409. The zero-order chi connectivity index (χ0) is 22.3. The van der Waals surface area contributed by atoms with Gasteiger partial charge in [0.1, 0.15) is 17.4 Å². The first-order valence-electron chi connectivity index (χ1n) is 9.20. The van der Waals surface area contributed by atoms with E-state index in [1.54, 1.807) is 23.5 Å². The summed E-state index contributed by atoms with van der Waals surface area (Å²) in [6.45, 7) is 3.06. The van der Waals surface area contributed by atoms with Crippen molar-refractivity contribution in [3.8, 4) is 5.75 Å². The maximum absolute atomic E-state index is 14.1. The number of methoxy groups -OCH3 is 1. The zero-order valence-corrected chi connectivity index (χ0v) is 16.9. The molecule has 0 atom stereocenters. The Bertz CT molecular complexity index is 1380. The summed E-state index contributed by atoms with van der Waals surface area (Å²) >= 11 is 0. The van der Waals surface area contributed by atoms with Crippen molar-refractivity contribution in [3.63, 3.8) is 0 Å². The molecule has 2 aromatic carbocycles. The van der Waals surface area contributed by atoms with Gasteiger partial charge in [0, 0.05) is 29.0 Å². The molecule has 0 aliphatic carbocycles. The van der Waals surface area contributed by atoms with Crippen LogP contribution in [0.4, 0.5) is 20.4 Å². The van der Waals surface area contributed by atoms with Crippen LogP contribution in [0, 0.1) is 17.0 Å². The van der Waals surface area contributed by atoms with Gasteiger partial charge in [-0.15, -0.1) is 10.2 Å². The fraction of sp³-hybridized carbons (Fsp3) is 0.143. The topological polar surface area (TPSA) is 108 Å². The van der Waals surface area contributed by atoms with Crippen LogP contribution in [0.2, 0.25) is 0 Å². The van der Waals surface area contributed by atoms with Gasteiger partial charge in [0.15, 0.2) is 5.65 Å². The van der Waals surface area contributed by atoms with Crippen LogP contribution in [0.5, 0.6) is 5.75 Å². The summed E-state index contributed by atoms with van der Waals surface area (Å²) in [7, 11) is 1.47. The summed E-state index contributed by atoms with van der Waals surface area (Å²) in [5, 5.41) is 29.0. The number of aliphatic hydroxyl groups excluding tert-OH is 1. The first-order chi connectivity index (χ1) is 14.8. The van der Waals surface area contributed by atoms with Crippen LogP contribution in [0.25, 0.3) is 22.3 Å². The SMILES string of the molecule is COc1cc2c(cc1/C(C(C)=N)=C(\C)O)ncc1nnc(Nc3ccc(F)cc3F)n12. The molecule has 31 heavy (non-hydrogen) atoms. The predicted octanol–water partition coefficient (Wildman–Crippen LogP) is 4.64. The molecule has 0 bridgehead atoms. The molecule has 4 rings (SSSR count). The maximum Gasteiger partial charge on any atom is 0.234 e. The van der Waals surface area contributed by atoms with Gasteiger partial charge in [-0.25, -0.2) is 8.78 Å². The molecule has 0 radical (unpaired) electrons. The third-order valence-electron chi connectivity index (χ3n) is 4.73. The highest BCUT2D eigenvalue weighted by molar-refractivity contribution is 6.22. The van der Waals surface area contributed by atoms with Crippen LogP contribution >= 0.6 is 0 Å². The molecule has 0 aliphatic rings. The molecule has 8 nitrogen and oxygen atoms in total. The Balaban J connectivity index is 1.94. The van der Waals surface area contributed by atoms with Crippen LogP contribution in [0.15, 0.2) is 42.3 Å². The van der Waals surface area contributed by atoms with E-state index in [0.29, 0.717) is 33.6 Å². The van der Waals surface area contributed by atoms with Crippen molar-refractivity contribution in [1.82, 2.24) is 19.6 Å². The monoisotopic (exact) mass is 424 g/mol. The normalized spacial score (nSPS) is 12.2. The van der Waals surface area contributed by atoms with Crippen LogP contribution in [-0.4, -0.2) is 37.5 Å². The van der Waals surface area contributed by atoms with Crippen LogP contribution < -0.4 is 10.1 Å². The number of aromatic nitrogens is 4. The molecular weight excluding hydrogens is 406 g/mol. The van der Waals surface area contributed by atoms with Gasteiger partial charge in [-0.3, -0.25) is 9.38 Å². The molecule has 2 heterocycles. The average Bonchev–Trinajstić information content (AvgIpc) is 3.12. The van der Waals surface area contributed by atoms with E-state index in [9.17, 15) is 13.9 Å². The highest BCUT2D eigenvalue weighted by Gasteiger charge is 2.19. The number of ether oxygens (including phenoxy) is 1. The van der Waals surface area contributed by atoms with Gasteiger partial charge < -0.3 is 20.6 Å². The molecule has 10 heteroatoms. The molecule has 0 spiro atoms. The minimum Gasteiger partial charge on any atom is -0.512 e. The van der Waals surface area contributed by atoms with E-state index in [0.717, 1.165) is 12.1 Å². The zero-order valence-electron chi connectivity index (χ0n) is 16.9. The highest BCUT2D eigenvalue weighted by atomic mass is 19.1. The second kappa shape index (κ2) is 7.63. The molecule has 0 amide bonds. The molecule has 0 fully saturated rings. The Labute approximate surface area is 175 Å². The number of hydrogen-bond acceptors (Lipinski definition) is 7.